The highest BCUT2D eigenvalue weighted by Gasteiger charge is 2.11. The second kappa shape index (κ2) is 5.17. The van der Waals surface area contributed by atoms with Crippen LogP contribution in [0, 0.1) is 6.92 Å². The summed E-state index contributed by atoms with van der Waals surface area (Å²) in [6.45, 7) is 10.1. The zero-order valence-electron chi connectivity index (χ0n) is 12.4. The van der Waals surface area contributed by atoms with Crippen LogP contribution >= 0.6 is 0 Å². The van der Waals surface area contributed by atoms with E-state index in [9.17, 15) is 0 Å². The van der Waals surface area contributed by atoms with Crippen LogP contribution in [0.5, 0.6) is 0 Å². The van der Waals surface area contributed by atoms with Crippen LogP contribution in [-0.4, -0.2) is 24.9 Å². The second-order valence-corrected chi connectivity index (χ2v) is 5.95. The van der Waals surface area contributed by atoms with Crippen LogP contribution in [0.3, 0.4) is 0 Å². The molecule has 2 heterocycles. The fourth-order valence-corrected chi connectivity index (χ4v) is 1.86. The van der Waals surface area contributed by atoms with Gasteiger partial charge in [-0.3, -0.25) is 0 Å². The average molecular weight is 261 g/mol. The Labute approximate surface area is 114 Å². The van der Waals surface area contributed by atoms with E-state index in [1.165, 1.54) is 5.69 Å². The van der Waals surface area contributed by atoms with E-state index >= 15 is 0 Å². The molecule has 0 fully saturated rings. The molecule has 0 bridgehead atoms. The van der Waals surface area contributed by atoms with E-state index in [2.05, 4.69) is 59.2 Å². The Hall–Kier alpha value is -1.62. The van der Waals surface area contributed by atoms with Gasteiger partial charge >= 0.3 is 0 Å². The maximum absolute atomic E-state index is 4.21. The van der Waals surface area contributed by atoms with Crippen molar-refractivity contribution in [2.45, 2.75) is 46.3 Å². The number of nitrogens with one attached hydrogen (secondary N) is 1. The molecular weight excluding hydrogens is 238 g/mol. The third-order valence-electron chi connectivity index (χ3n) is 3.22. The summed E-state index contributed by atoms with van der Waals surface area (Å²) >= 11 is 0. The number of rotatable bonds is 4. The maximum atomic E-state index is 4.21. The summed E-state index contributed by atoms with van der Waals surface area (Å²) in [5.41, 5.74) is 1.38. The van der Waals surface area contributed by atoms with E-state index in [1.54, 1.807) is 0 Å². The van der Waals surface area contributed by atoms with Crippen molar-refractivity contribution in [2.75, 3.05) is 0 Å². The van der Waals surface area contributed by atoms with Crippen LogP contribution in [0.4, 0.5) is 0 Å². The molecule has 0 saturated carbocycles. The molecule has 5 nitrogen and oxygen atoms in total. The third kappa shape index (κ3) is 3.44. The molecule has 104 valence electrons. The van der Waals surface area contributed by atoms with Gasteiger partial charge in [-0.15, -0.1) is 10.2 Å². The van der Waals surface area contributed by atoms with E-state index < -0.39 is 0 Å². The lowest BCUT2D eigenvalue weighted by Gasteiger charge is -2.21. The summed E-state index contributed by atoms with van der Waals surface area (Å²) in [6.07, 6.45) is 2.09. The Morgan fingerprint density at radius 2 is 2.00 bits per heavy atom. The lowest BCUT2D eigenvalue weighted by Crippen LogP contribution is -2.35. The summed E-state index contributed by atoms with van der Waals surface area (Å²) in [5.74, 6) is 1.92. The first kappa shape index (κ1) is 13.8. The summed E-state index contributed by atoms with van der Waals surface area (Å²) < 4.78 is 4.24. The minimum Gasteiger partial charge on any atom is -0.343 e. The zero-order chi connectivity index (χ0) is 14.0. The van der Waals surface area contributed by atoms with Crippen LogP contribution in [0.1, 0.15) is 38.1 Å². The average Bonchev–Trinajstić information content (AvgIpc) is 2.88. The highest BCUT2D eigenvalue weighted by molar-refractivity contribution is 5.09. The molecule has 0 aromatic carbocycles. The molecule has 0 aliphatic rings. The van der Waals surface area contributed by atoms with Gasteiger partial charge in [-0.25, -0.2) is 0 Å². The first-order chi connectivity index (χ1) is 8.87. The first-order valence-electron chi connectivity index (χ1n) is 6.61. The number of aryl methyl sites for hydroxylation is 1. The second-order valence-electron chi connectivity index (χ2n) is 5.95. The monoisotopic (exact) mass is 261 g/mol. The van der Waals surface area contributed by atoms with Crippen molar-refractivity contribution >= 4 is 0 Å². The Balaban J connectivity index is 2.10. The quantitative estimate of drug-likeness (QED) is 0.914. The predicted octanol–water partition coefficient (Wildman–Crippen LogP) is 1.86. The van der Waals surface area contributed by atoms with Crippen molar-refractivity contribution < 1.29 is 0 Å². The van der Waals surface area contributed by atoms with Crippen molar-refractivity contribution in [1.29, 1.82) is 0 Å². The summed E-state index contributed by atoms with van der Waals surface area (Å²) in [5, 5.41) is 11.8. The van der Waals surface area contributed by atoms with Crippen LogP contribution < -0.4 is 5.32 Å². The maximum Gasteiger partial charge on any atom is 0.152 e. The van der Waals surface area contributed by atoms with E-state index in [1.807, 2.05) is 18.5 Å². The highest BCUT2D eigenvalue weighted by atomic mass is 15.3. The number of nitrogens with zero attached hydrogens (tertiary/aromatic N) is 4. The zero-order valence-corrected chi connectivity index (χ0v) is 12.4. The molecule has 2 aromatic heterocycles. The molecule has 0 radical (unpaired) electrons. The van der Waals surface area contributed by atoms with Gasteiger partial charge in [0.2, 0.25) is 0 Å². The minimum absolute atomic E-state index is 0.121. The molecule has 0 spiro atoms. The van der Waals surface area contributed by atoms with Crippen molar-refractivity contribution in [1.82, 2.24) is 24.6 Å². The van der Waals surface area contributed by atoms with E-state index in [4.69, 9.17) is 0 Å². The number of hydrogen-bond acceptors (Lipinski definition) is 3. The number of hydrogen-bond donors (Lipinski definition) is 1. The molecule has 19 heavy (non-hydrogen) atoms. The molecule has 0 unspecified atom stereocenters. The fraction of sp³-hybridized carbons (Fsp3) is 0.571. The van der Waals surface area contributed by atoms with Gasteiger partial charge in [0.1, 0.15) is 5.82 Å². The van der Waals surface area contributed by atoms with Crippen LogP contribution in [0.2, 0.25) is 0 Å². The summed E-state index contributed by atoms with van der Waals surface area (Å²) in [4.78, 5) is 0. The lowest BCUT2D eigenvalue weighted by molar-refractivity contribution is 0.416. The van der Waals surface area contributed by atoms with Gasteiger partial charge in [0.25, 0.3) is 0 Å². The van der Waals surface area contributed by atoms with Crippen LogP contribution in [-0.2, 0) is 20.1 Å². The highest BCUT2D eigenvalue weighted by Crippen LogP contribution is 2.09. The Kier molecular flexibility index (Phi) is 3.75. The van der Waals surface area contributed by atoms with E-state index in [0.29, 0.717) is 0 Å². The largest absolute Gasteiger partial charge is 0.343 e. The van der Waals surface area contributed by atoms with Crippen molar-refractivity contribution in [2.24, 2.45) is 7.05 Å². The Bertz CT molecular complexity index is 544. The SMILES string of the molecule is Cc1nnc(Cn2cccc2CNC(C)(C)C)n1C. The summed E-state index contributed by atoms with van der Waals surface area (Å²) in [6, 6.07) is 4.21. The summed E-state index contributed by atoms with van der Waals surface area (Å²) in [7, 11) is 2.00. The molecule has 0 saturated heterocycles. The molecule has 0 aliphatic heterocycles. The fourth-order valence-electron chi connectivity index (χ4n) is 1.86. The van der Waals surface area contributed by atoms with Crippen molar-refractivity contribution in [3.05, 3.63) is 35.7 Å². The molecular formula is C14H23N5. The smallest absolute Gasteiger partial charge is 0.152 e. The van der Waals surface area contributed by atoms with E-state index in [0.717, 1.165) is 24.7 Å². The van der Waals surface area contributed by atoms with Crippen molar-refractivity contribution in [3.63, 3.8) is 0 Å². The number of aromatic nitrogens is 4. The predicted molar refractivity (Wildman–Crippen MR) is 75.9 cm³/mol. The van der Waals surface area contributed by atoms with Crippen LogP contribution in [0.25, 0.3) is 0 Å². The molecule has 2 rings (SSSR count). The van der Waals surface area contributed by atoms with Gasteiger partial charge in [0.15, 0.2) is 5.82 Å². The van der Waals surface area contributed by atoms with Crippen LogP contribution in [0.15, 0.2) is 18.3 Å². The molecule has 0 amide bonds. The Morgan fingerprint density at radius 1 is 1.26 bits per heavy atom. The normalized spacial score (nSPS) is 12.1. The first-order valence-corrected chi connectivity index (χ1v) is 6.61. The molecule has 1 N–H and O–H groups in total. The van der Waals surface area contributed by atoms with Gasteiger partial charge < -0.3 is 14.5 Å². The third-order valence-corrected chi connectivity index (χ3v) is 3.22. The van der Waals surface area contributed by atoms with Crippen molar-refractivity contribution in [3.8, 4) is 0 Å². The van der Waals surface area contributed by atoms with Gasteiger partial charge in [0.05, 0.1) is 6.54 Å². The van der Waals surface area contributed by atoms with Gasteiger partial charge in [-0.2, -0.15) is 0 Å². The Morgan fingerprint density at radius 3 is 2.58 bits per heavy atom. The molecule has 2 aromatic rings. The molecule has 0 atom stereocenters. The lowest BCUT2D eigenvalue weighted by atomic mass is 10.1. The topological polar surface area (TPSA) is 47.7 Å². The van der Waals surface area contributed by atoms with Gasteiger partial charge in [-0.05, 0) is 39.8 Å². The van der Waals surface area contributed by atoms with Gasteiger partial charge in [-0.1, -0.05) is 0 Å². The minimum atomic E-state index is 0.121. The standard InChI is InChI=1S/C14H23N5/c1-11-16-17-13(18(11)5)10-19-8-6-7-12(19)9-15-14(2,3)4/h6-8,15H,9-10H2,1-5H3. The molecule has 0 aliphatic carbocycles. The van der Waals surface area contributed by atoms with E-state index in [-0.39, 0.29) is 5.54 Å². The molecule has 5 heteroatoms. The van der Waals surface area contributed by atoms with Gasteiger partial charge in [0, 0.05) is 31.0 Å².